The first-order valence-electron chi connectivity index (χ1n) is 7.46. The third-order valence-corrected chi connectivity index (χ3v) is 8.66. The van der Waals surface area contributed by atoms with E-state index >= 15 is 0 Å². The molecule has 0 amide bonds. The number of hydrogen-bond donors (Lipinski definition) is 0. The van der Waals surface area contributed by atoms with Crippen LogP contribution in [0, 0.1) is 0 Å². The van der Waals surface area contributed by atoms with Crippen LogP contribution in [0.2, 0.25) is 24.4 Å². The molecule has 3 aromatic rings. The molecule has 0 aliphatic rings. The summed E-state index contributed by atoms with van der Waals surface area (Å²) < 4.78 is 59.3. The van der Waals surface area contributed by atoms with Gasteiger partial charge in [-0.1, -0.05) is 58.0 Å². The zero-order chi connectivity index (χ0) is 22.3. The molecule has 0 N–H and O–H groups in total. The van der Waals surface area contributed by atoms with E-state index in [1.165, 1.54) is 36.4 Å². The second-order valence-electron chi connectivity index (χ2n) is 5.49. The molecule has 30 heavy (non-hydrogen) atoms. The van der Waals surface area contributed by atoms with Crippen molar-refractivity contribution in [3.8, 4) is 11.5 Å². The van der Waals surface area contributed by atoms with Gasteiger partial charge in [0.05, 0.1) is 0 Å². The van der Waals surface area contributed by atoms with Crippen LogP contribution in [0.15, 0.2) is 51.6 Å². The van der Waals surface area contributed by atoms with Crippen molar-refractivity contribution in [2.45, 2.75) is 9.10 Å². The standard InChI is InChI=1S/C16H7Cl5O6S3/c17-8-1-9(18)4-12(3-8)26-29(22,23)14-7-15(28-16(14)21)30(24,25)27-13-5-10(19)2-11(20)6-13/h1-7H. The molecule has 0 atom stereocenters. The first-order valence-corrected chi connectivity index (χ1v) is 13.0. The lowest BCUT2D eigenvalue weighted by molar-refractivity contribution is 0.486. The van der Waals surface area contributed by atoms with Crippen molar-refractivity contribution >= 4 is 89.6 Å². The molecular weight excluding hydrogens is 562 g/mol. The van der Waals surface area contributed by atoms with Crippen molar-refractivity contribution in [3.63, 3.8) is 0 Å². The smallest absolute Gasteiger partial charge is 0.348 e. The average molecular weight is 569 g/mol. The molecule has 0 fully saturated rings. The van der Waals surface area contributed by atoms with E-state index in [4.69, 9.17) is 66.4 Å². The van der Waals surface area contributed by atoms with E-state index in [0.29, 0.717) is 11.3 Å². The highest BCUT2D eigenvalue weighted by atomic mass is 35.5. The Morgan fingerprint density at radius 2 is 1.00 bits per heavy atom. The van der Waals surface area contributed by atoms with Gasteiger partial charge in [0.1, 0.15) is 20.7 Å². The Hall–Kier alpha value is -0.910. The van der Waals surface area contributed by atoms with Gasteiger partial charge in [-0.3, -0.25) is 0 Å². The van der Waals surface area contributed by atoms with Gasteiger partial charge in [0.25, 0.3) is 0 Å². The van der Waals surface area contributed by atoms with Crippen LogP contribution in [0.5, 0.6) is 11.5 Å². The van der Waals surface area contributed by atoms with Crippen molar-refractivity contribution in [2.75, 3.05) is 0 Å². The molecule has 1 heterocycles. The molecule has 0 bridgehead atoms. The predicted octanol–water partition coefficient (Wildman–Crippen LogP) is 6.55. The lowest BCUT2D eigenvalue weighted by atomic mass is 10.3. The highest BCUT2D eigenvalue weighted by molar-refractivity contribution is 7.90. The zero-order valence-corrected chi connectivity index (χ0v) is 20.3. The molecule has 0 aliphatic carbocycles. The Morgan fingerprint density at radius 1 is 0.600 bits per heavy atom. The summed E-state index contributed by atoms with van der Waals surface area (Å²) in [5, 5.41) is 0.574. The summed E-state index contributed by atoms with van der Waals surface area (Å²) in [5.41, 5.74) is 0. The summed E-state index contributed by atoms with van der Waals surface area (Å²) in [7, 11) is -8.94. The van der Waals surface area contributed by atoms with Gasteiger partial charge < -0.3 is 8.37 Å². The van der Waals surface area contributed by atoms with E-state index in [9.17, 15) is 16.8 Å². The van der Waals surface area contributed by atoms with Crippen molar-refractivity contribution < 1.29 is 25.2 Å². The maximum absolute atomic E-state index is 12.6. The van der Waals surface area contributed by atoms with Crippen LogP contribution in [-0.4, -0.2) is 16.8 Å². The summed E-state index contributed by atoms with van der Waals surface area (Å²) in [6, 6.07) is 8.46. The van der Waals surface area contributed by atoms with Gasteiger partial charge in [-0.15, -0.1) is 11.3 Å². The second kappa shape index (κ2) is 8.91. The van der Waals surface area contributed by atoms with E-state index in [0.717, 1.165) is 6.07 Å². The molecule has 160 valence electrons. The molecule has 14 heteroatoms. The molecule has 0 unspecified atom stereocenters. The Kier molecular flexibility index (Phi) is 7.06. The Labute approximate surface area is 201 Å². The number of hydrogen-bond acceptors (Lipinski definition) is 7. The Morgan fingerprint density at radius 3 is 1.43 bits per heavy atom. The highest BCUT2D eigenvalue weighted by Crippen LogP contribution is 2.37. The molecule has 0 radical (unpaired) electrons. The lowest BCUT2D eigenvalue weighted by Crippen LogP contribution is -2.10. The third kappa shape index (κ3) is 5.66. The van der Waals surface area contributed by atoms with Gasteiger partial charge in [-0.05, 0) is 18.2 Å². The summed E-state index contributed by atoms with van der Waals surface area (Å²) in [5.74, 6) is -0.338. The highest BCUT2D eigenvalue weighted by Gasteiger charge is 2.29. The average Bonchev–Trinajstić information content (AvgIpc) is 2.95. The van der Waals surface area contributed by atoms with E-state index in [1.54, 1.807) is 0 Å². The number of halogens is 5. The van der Waals surface area contributed by atoms with Crippen LogP contribution < -0.4 is 8.37 Å². The topological polar surface area (TPSA) is 86.7 Å². The predicted molar refractivity (Wildman–Crippen MR) is 118 cm³/mol. The zero-order valence-electron chi connectivity index (χ0n) is 14.1. The number of rotatable bonds is 6. The maximum Gasteiger partial charge on any atom is 0.348 e. The monoisotopic (exact) mass is 566 g/mol. The molecule has 0 saturated carbocycles. The van der Waals surface area contributed by atoms with Crippen LogP contribution in [0.3, 0.4) is 0 Å². The molecular formula is C16H7Cl5O6S3. The number of benzene rings is 2. The van der Waals surface area contributed by atoms with Crippen LogP contribution in [0.25, 0.3) is 0 Å². The van der Waals surface area contributed by atoms with E-state index in [-0.39, 0.29) is 35.9 Å². The van der Waals surface area contributed by atoms with Gasteiger partial charge >= 0.3 is 20.2 Å². The summed E-state index contributed by atoms with van der Waals surface area (Å²) in [6.07, 6.45) is 0. The summed E-state index contributed by atoms with van der Waals surface area (Å²) >= 11 is 29.7. The van der Waals surface area contributed by atoms with Crippen LogP contribution >= 0.6 is 69.3 Å². The van der Waals surface area contributed by atoms with E-state index in [1.807, 2.05) is 0 Å². The quantitative estimate of drug-likeness (QED) is 0.314. The van der Waals surface area contributed by atoms with Gasteiger partial charge in [0, 0.05) is 44.4 Å². The Balaban J connectivity index is 1.93. The van der Waals surface area contributed by atoms with Gasteiger partial charge in [0.2, 0.25) is 0 Å². The Bertz CT molecular complexity index is 1290. The fourth-order valence-electron chi connectivity index (χ4n) is 2.12. The van der Waals surface area contributed by atoms with Gasteiger partial charge in [-0.2, -0.15) is 16.8 Å². The minimum atomic E-state index is -4.50. The third-order valence-electron chi connectivity index (χ3n) is 3.23. The molecule has 6 nitrogen and oxygen atoms in total. The summed E-state index contributed by atoms with van der Waals surface area (Å²) in [6.45, 7) is 0. The van der Waals surface area contributed by atoms with Gasteiger partial charge in [-0.25, -0.2) is 0 Å². The SMILES string of the molecule is O=S(=O)(Oc1cc(Cl)cc(Cl)c1)c1cc(S(=O)(=O)Oc2cc(Cl)cc(Cl)c2)c(Cl)s1. The minimum Gasteiger partial charge on any atom is -0.379 e. The molecule has 1 aromatic heterocycles. The molecule has 3 rings (SSSR count). The van der Waals surface area contributed by atoms with Crippen molar-refractivity contribution in [3.05, 3.63) is 66.9 Å². The lowest BCUT2D eigenvalue weighted by Gasteiger charge is -2.07. The molecule has 0 aliphatic heterocycles. The van der Waals surface area contributed by atoms with E-state index in [2.05, 4.69) is 0 Å². The second-order valence-corrected chi connectivity index (χ2v) is 12.2. The van der Waals surface area contributed by atoms with E-state index < -0.39 is 29.3 Å². The normalized spacial score (nSPS) is 12.0. The van der Waals surface area contributed by atoms with Crippen LogP contribution in [-0.2, 0) is 20.2 Å². The molecule has 2 aromatic carbocycles. The molecule has 0 saturated heterocycles. The number of thiophene rings is 1. The summed E-state index contributed by atoms with van der Waals surface area (Å²) in [4.78, 5) is -0.573. The van der Waals surface area contributed by atoms with Crippen LogP contribution in [0.1, 0.15) is 0 Å². The maximum atomic E-state index is 12.6. The van der Waals surface area contributed by atoms with Crippen molar-refractivity contribution in [1.82, 2.24) is 0 Å². The van der Waals surface area contributed by atoms with Crippen molar-refractivity contribution in [1.29, 1.82) is 0 Å². The first-order chi connectivity index (χ1) is 13.9. The fourth-order valence-corrected chi connectivity index (χ4v) is 7.30. The minimum absolute atomic E-state index is 0.140. The first kappa shape index (κ1) is 23.7. The molecule has 0 spiro atoms. The van der Waals surface area contributed by atoms with Gasteiger partial charge in [0.15, 0.2) is 4.21 Å². The van der Waals surface area contributed by atoms with Crippen molar-refractivity contribution in [2.24, 2.45) is 0 Å². The van der Waals surface area contributed by atoms with Crippen LogP contribution in [0.4, 0.5) is 0 Å². The fraction of sp³-hybridized carbons (Fsp3) is 0. The largest absolute Gasteiger partial charge is 0.379 e.